The van der Waals surface area contributed by atoms with E-state index in [-0.39, 0.29) is 11.3 Å². The molecule has 0 N–H and O–H groups in total. The van der Waals surface area contributed by atoms with Crippen molar-refractivity contribution in [2.24, 2.45) is 5.41 Å². The SMILES string of the molecule is COC1(C)N(C)C(=O)CC1(C)C. The van der Waals surface area contributed by atoms with Gasteiger partial charge in [-0.3, -0.25) is 4.79 Å². The average Bonchev–Trinajstić information content (AvgIpc) is 2.12. The van der Waals surface area contributed by atoms with Gasteiger partial charge in [0.25, 0.3) is 0 Å². The molecule has 1 aliphatic rings. The predicted molar refractivity (Wildman–Crippen MR) is 46.6 cm³/mol. The monoisotopic (exact) mass is 171 g/mol. The highest BCUT2D eigenvalue weighted by Gasteiger charge is 2.53. The molecule has 1 atom stereocenters. The van der Waals surface area contributed by atoms with E-state index in [4.69, 9.17) is 4.74 Å². The molecule has 1 unspecified atom stereocenters. The van der Waals surface area contributed by atoms with E-state index >= 15 is 0 Å². The van der Waals surface area contributed by atoms with Gasteiger partial charge in [0.05, 0.1) is 0 Å². The van der Waals surface area contributed by atoms with Crippen LogP contribution < -0.4 is 0 Å². The number of carbonyl (C=O) groups is 1. The minimum absolute atomic E-state index is 0.104. The molecular weight excluding hydrogens is 154 g/mol. The number of hydrogen-bond donors (Lipinski definition) is 0. The predicted octanol–water partition coefficient (Wildman–Crippen LogP) is 1.24. The molecule has 0 spiro atoms. The van der Waals surface area contributed by atoms with Crippen molar-refractivity contribution in [3.63, 3.8) is 0 Å². The Labute approximate surface area is 73.7 Å². The molecule has 0 aromatic heterocycles. The number of nitrogens with zero attached hydrogens (tertiary/aromatic N) is 1. The van der Waals surface area contributed by atoms with Crippen molar-refractivity contribution in [3.05, 3.63) is 0 Å². The van der Waals surface area contributed by atoms with E-state index in [2.05, 4.69) is 13.8 Å². The van der Waals surface area contributed by atoms with E-state index < -0.39 is 5.72 Å². The van der Waals surface area contributed by atoms with Crippen LogP contribution >= 0.6 is 0 Å². The quantitative estimate of drug-likeness (QED) is 0.594. The molecule has 1 fully saturated rings. The maximum absolute atomic E-state index is 11.4. The van der Waals surface area contributed by atoms with Gasteiger partial charge in [0.2, 0.25) is 5.91 Å². The van der Waals surface area contributed by atoms with Crippen LogP contribution in [0.2, 0.25) is 0 Å². The summed E-state index contributed by atoms with van der Waals surface area (Å²) in [7, 11) is 3.44. The van der Waals surface area contributed by atoms with Crippen LogP contribution in [-0.4, -0.2) is 30.7 Å². The Balaban J connectivity index is 3.04. The Bertz CT molecular complexity index is 213. The zero-order chi connectivity index (χ0) is 9.57. The number of amides is 1. The molecule has 0 saturated carbocycles. The molecule has 70 valence electrons. The summed E-state index contributed by atoms with van der Waals surface area (Å²) in [5.74, 6) is 0.157. The van der Waals surface area contributed by atoms with Crippen molar-refractivity contribution in [1.82, 2.24) is 4.90 Å². The highest BCUT2D eigenvalue weighted by molar-refractivity contribution is 5.80. The molecule has 1 heterocycles. The summed E-state index contributed by atoms with van der Waals surface area (Å²) in [6.45, 7) is 6.06. The maximum atomic E-state index is 11.4. The Hall–Kier alpha value is -0.570. The van der Waals surface area contributed by atoms with Crippen LogP contribution in [0.25, 0.3) is 0 Å². The topological polar surface area (TPSA) is 29.5 Å². The third-order valence-electron chi connectivity index (χ3n) is 3.26. The molecule has 12 heavy (non-hydrogen) atoms. The van der Waals surface area contributed by atoms with Crippen molar-refractivity contribution in [3.8, 4) is 0 Å². The van der Waals surface area contributed by atoms with E-state index in [0.29, 0.717) is 6.42 Å². The van der Waals surface area contributed by atoms with E-state index in [0.717, 1.165) is 0 Å². The van der Waals surface area contributed by atoms with E-state index in [9.17, 15) is 4.79 Å². The summed E-state index contributed by atoms with van der Waals surface area (Å²) in [4.78, 5) is 13.1. The van der Waals surface area contributed by atoms with Crippen LogP contribution in [-0.2, 0) is 9.53 Å². The summed E-state index contributed by atoms with van der Waals surface area (Å²) in [6.07, 6.45) is 0.563. The lowest BCUT2D eigenvalue weighted by molar-refractivity contribution is -0.160. The first-order valence-electron chi connectivity index (χ1n) is 4.17. The fourth-order valence-electron chi connectivity index (χ4n) is 1.77. The van der Waals surface area contributed by atoms with Gasteiger partial charge in [0, 0.05) is 26.0 Å². The summed E-state index contributed by atoms with van der Waals surface area (Å²) in [5.41, 5.74) is -0.558. The normalized spacial score (nSPS) is 34.4. The summed E-state index contributed by atoms with van der Waals surface area (Å²) in [5, 5.41) is 0. The van der Waals surface area contributed by atoms with Crippen molar-refractivity contribution in [1.29, 1.82) is 0 Å². The molecule has 1 rings (SSSR count). The van der Waals surface area contributed by atoms with Crippen LogP contribution in [0.4, 0.5) is 0 Å². The molecule has 1 amide bonds. The molecule has 0 aromatic rings. The van der Waals surface area contributed by atoms with Crippen molar-refractivity contribution < 1.29 is 9.53 Å². The van der Waals surface area contributed by atoms with Crippen LogP contribution in [0.1, 0.15) is 27.2 Å². The van der Waals surface area contributed by atoms with E-state index in [1.54, 1.807) is 19.1 Å². The number of likely N-dealkylation sites (tertiary alicyclic amines) is 1. The number of rotatable bonds is 1. The van der Waals surface area contributed by atoms with Crippen LogP contribution in [0, 0.1) is 5.41 Å². The van der Waals surface area contributed by atoms with E-state index in [1.165, 1.54) is 0 Å². The summed E-state index contributed by atoms with van der Waals surface area (Å²) < 4.78 is 5.40. The van der Waals surface area contributed by atoms with Crippen LogP contribution in [0.5, 0.6) is 0 Å². The fraction of sp³-hybridized carbons (Fsp3) is 0.889. The Morgan fingerprint density at radius 2 is 1.92 bits per heavy atom. The third kappa shape index (κ3) is 0.959. The number of methoxy groups -OCH3 is 1. The van der Waals surface area contributed by atoms with Gasteiger partial charge in [-0.25, -0.2) is 0 Å². The van der Waals surface area contributed by atoms with Gasteiger partial charge in [-0.2, -0.15) is 0 Å². The Kier molecular flexibility index (Phi) is 1.95. The maximum Gasteiger partial charge on any atom is 0.225 e. The lowest BCUT2D eigenvalue weighted by Crippen LogP contribution is -2.49. The van der Waals surface area contributed by atoms with Gasteiger partial charge < -0.3 is 9.64 Å². The molecule has 3 heteroatoms. The number of carbonyl (C=O) groups excluding carboxylic acids is 1. The van der Waals surface area contributed by atoms with Gasteiger partial charge >= 0.3 is 0 Å². The molecular formula is C9H17NO2. The molecule has 0 radical (unpaired) electrons. The fourth-order valence-corrected chi connectivity index (χ4v) is 1.77. The van der Waals surface area contributed by atoms with Gasteiger partial charge in [0.1, 0.15) is 5.72 Å². The lowest BCUT2D eigenvalue weighted by atomic mass is 9.82. The van der Waals surface area contributed by atoms with Crippen molar-refractivity contribution in [2.75, 3.05) is 14.2 Å². The first-order valence-corrected chi connectivity index (χ1v) is 4.17. The molecule has 0 aromatic carbocycles. The second kappa shape index (κ2) is 2.46. The van der Waals surface area contributed by atoms with Gasteiger partial charge in [-0.05, 0) is 6.92 Å². The lowest BCUT2D eigenvalue weighted by Gasteiger charge is -2.40. The highest BCUT2D eigenvalue weighted by Crippen LogP contribution is 2.44. The second-order valence-electron chi connectivity index (χ2n) is 4.20. The summed E-state index contributed by atoms with van der Waals surface area (Å²) >= 11 is 0. The first kappa shape index (κ1) is 9.52. The standard InChI is InChI=1S/C9H17NO2/c1-8(2)6-7(11)10(4)9(8,3)12-5/h6H2,1-5H3. The Morgan fingerprint density at radius 1 is 1.42 bits per heavy atom. The molecule has 1 aliphatic heterocycles. The van der Waals surface area contributed by atoms with Gasteiger partial charge in [-0.1, -0.05) is 13.8 Å². The first-order chi connectivity index (χ1) is 5.35. The third-order valence-corrected chi connectivity index (χ3v) is 3.26. The largest absolute Gasteiger partial charge is 0.359 e. The van der Waals surface area contributed by atoms with E-state index in [1.807, 2.05) is 6.92 Å². The molecule has 0 bridgehead atoms. The Morgan fingerprint density at radius 3 is 2.08 bits per heavy atom. The second-order valence-corrected chi connectivity index (χ2v) is 4.20. The summed E-state index contributed by atoms with van der Waals surface area (Å²) in [6, 6.07) is 0. The van der Waals surface area contributed by atoms with Crippen molar-refractivity contribution in [2.45, 2.75) is 32.9 Å². The van der Waals surface area contributed by atoms with Crippen molar-refractivity contribution >= 4 is 5.91 Å². The zero-order valence-electron chi connectivity index (χ0n) is 8.47. The smallest absolute Gasteiger partial charge is 0.225 e. The van der Waals surface area contributed by atoms with Gasteiger partial charge in [-0.15, -0.1) is 0 Å². The molecule has 1 saturated heterocycles. The van der Waals surface area contributed by atoms with Crippen LogP contribution in [0.15, 0.2) is 0 Å². The average molecular weight is 171 g/mol. The van der Waals surface area contributed by atoms with Gasteiger partial charge in [0.15, 0.2) is 0 Å². The minimum Gasteiger partial charge on any atom is -0.359 e. The minimum atomic E-state index is -0.454. The number of ether oxygens (including phenoxy) is 1. The highest BCUT2D eigenvalue weighted by atomic mass is 16.5. The van der Waals surface area contributed by atoms with Crippen LogP contribution in [0.3, 0.4) is 0 Å². The zero-order valence-corrected chi connectivity index (χ0v) is 8.47. The molecule has 0 aliphatic carbocycles. The molecule has 3 nitrogen and oxygen atoms in total. The number of hydrogen-bond acceptors (Lipinski definition) is 2.